The molecule has 1 aliphatic carbocycles. The van der Waals surface area contributed by atoms with Gasteiger partial charge in [-0.15, -0.1) is 0 Å². The average Bonchev–Trinajstić information content (AvgIpc) is 2.39. The molecule has 2 rings (SSSR count). The lowest BCUT2D eigenvalue weighted by molar-refractivity contribution is 0.0734. The maximum atomic E-state index is 3.51. The van der Waals surface area contributed by atoms with Crippen LogP contribution < -0.4 is 5.32 Å². The summed E-state index contributed by atoms with van der Waals surface area (Å²) in [6.07, 6.45) is 8.53. The summed E-state index contributed by atoms with van der Waals surface area (Å²) in [4.78, 5) is 2.72. The number of piperidine rings is 1. The largest absolute Gasteiger partial charge is 0.316 e. The molecule has 0 aromatic heterocycles. The molecule has 17 heavy (non-hydrogen) atoms. The predicted molar refractivity (Wildman–Crippen MR) is 74.2 cm³/mol. The van der Waals surface area contributed by atoms with Crippen LogP contribution in [0.1, 0.15) is 52.4 Å². The molecule has 0 amide bonds. The lowest BCUT2D eigenvalue weighted by Gasteiger charge is -2.43. The highest BCUT2D eigenvalue weighted by Crippen LogP contribution is 2.31. The zero-order valence-electron chi connectivity index (χ0n) is 11.9. The molecule has 1 saturated heterocycles. The number of nitrogens with zero attached hydrogens (tertiary/aromatic N) is 1. The number of nitrogens with one attached hydrogen (secondary N) is 1. The van der Waals surface area contributed by atoms with Crippen LogP contribution in [0.15, 0.2) is 0 Å². The standard InChI is InChI=1S/C15H30N2/c1-4-13-5-7-14(8-6-13)17(3)15-9-10-16-11-12(15)2/h12-16H,4-11H2,1-3H3. The van der Waals surface area contributed by atoms with Crippen LogP contribution in [-0.4, -0.2) is 37.1 Å². The summed E-state index contributed by atoms with van der Waals surface area (Å²) in [6, 6.07) is 1.68. The van der Waals surface area contributed by atoms with E-state index in [4.69, 9.17) is 0 Å². The van der Waals surface area contributed by atoms with Gasteiger partial charge in [0.1, 0.15) is 0 Å². The van der Waals surface area contributed by atoms with E-state index in [0.29, 0.717) is 0 Å². The van der Waals surface area contributed by atoms with E-state index in [1.165, 1.54) is 51.6 Å². The Bertz CT molecular complexity index is 221. The predicted octanol–water partition coefficient (Wildman–Crippen LogP) is 2.89. The quantitative estimate of drug-likeness (QED) is 0.813. The lowest BCUT2D eigenvalue weighted by atomic mass is 9.82. The van der Waals surface area contributed by atoms with Gasteiger partial charge in [-0.1, -0.05) is 20.3 Å². The summed E-state index contributed by atoms with van der Waals surface area (Å²) in [6.45, 7) is 7.18. The second kappa shape index (κ2) is 6.19. The van der Waals surface area contributed by atoms with Crippen molar-refractivity contribution in [3.05, 3.63) is 0 Å². The van der Waals surface area contributed by atoms with Gasteiger partial charge >= 0.3 is 0 Å². The molecular formula is C15H30N2. The third-order valence-corrected chi connectivity index (χ3v) is 5.23. The normalized spacial score (nSPS) is 39.5. The minimum atomic E-state index is 0.817. The van der Waals surface area contributed by atoms with Crippen molar-refractivity contribution in [3.63, 3.8) is 0 Å². The summed E-state index contributed by atoms with van der Waals surface area (Å²) in [5, 5.41) is 3.51. The molecule has 1 aliphatic heterocycles. The SMILES string of the molecule is CCC1CCC(N(C)C2CCNCC2C)CC1. The molecule has 2 unspecified atom stereocenters. The maximum Gasteiger partial charge on any atom is 0.0145 e. The molecule has 2 heteroatoms. The average molecular weight is 238 g/mol. The Morgan fingerprint density at radius 1 is 1.12 bits per heavy atom. The first kappa shape index (κ1) is 13.4. The van der Waals surface area contributed by atoms with E-state index in [1.54, 1.807) is 0 Å². The Balaban J connectivity index is 1.85. The third-order valence-electron chi connectivity index (χ3n) is 5.23. The number of hydrogen-bond acceptors (Lipinski definition) is 2. The van der Waals surface area contributed by atoms with Gasteiger partial charge in [0.05, 0.1) is 0 Å². The van der Waals surface area contributed by atoms with Crippen LogP contribution in [0.25, 0.3) is 0 Å². The summed E-state index contributed by atoms with van der Waals surface area (Å²) in [7, 11) is 2.38. The molecule has 2 nitrogen and oxygen atoms in total. The van der Waals surface area contributed by atoms with E-state index in [-0.39, 0.29) is 0 Å². The molecule has 2 fully saturated rings. The highest BCUT2D eigenvalue weighted by Gasteiger charge is 2.31. The monoisotopic (exact) mass is 238 g/mol. The van der Waals surface area contributed by atoms with Gasteiger partial charge in [0.15, 0.2) is 0 Å². The van der Waals surface area contributed by atoms with Crippen LogP contribution in [0.4, 0.5) is 0 Å². The van der Waals surface area contributed by atoms with Crippen LogP contribution >= 0.6 is 0 Å². The van der Waals surface area contributed by atoms with Gasteiger partial charge in [-0.05, 0) is 64.1 Å². The van der Waals surface area contributed by atoms with Crippen LogP contribution in [0.3, 0.4) is 0 Å². The Morgan fingerprint density at radius 2 is 1.82 bits per heavy atom. The smallest absolute Gasteiger partial charge is 0.0145 e. The highest BCUT2D eigenvalue weighted by atomic mass is 15.2. The van der Waals surface area contributed by atoms with Crippen molar-refractivity contribution in [2.24, 2.45) is 11.8 Å². The first-order chi connectivity index (χ1) is 8.22. The first-order valence-electron chi connectivity index (χ1n) is 7.65. The third kappa shape index (κ3) is 3.23. The molecule has 0 radical (unpaired) electrons. The Labute approximate surface area is 107 Å². The van der Waals surface area contributed by atoms with E-state index in [9.17, 15) is 0 Å². The molecule has 100 valence electrons. The van der Waals surface area contributed by atoms with E-state index < -0.39 is 0 Å². The van der Waals surface area contributed by atoms with Gasteiger partial charge in [0.2, 0.25) is 0 Å². The number of rotatable bonds is 3. The van der Waals surface area contributed by atoms with Crippen LogP contribution in [0, 0.1) is 11.8 Å². The van der Waals surface area contributed by atoms with E-state index >= 15 is 0 Å². The Kier molecular flexibility index (Phi) is 4.87. The van der Waals surface area contributed by atoms with Gasteiger partial charge in [-0.3, -0.25) is 0 Å². The maximum absolute atomic E-state index is 3.51. The van der Waals surface area contributed by atoms with Crippen molar-refractivity contribution in [3.8, 4) is 0 Å². The summed E-state index contributed by atoms with van der Waals surface area (Å²) >= 11 is 0. The summed E-state index contributed by atoms with van der Waals surface area (Å²) < 4.78 is 0. The van der Waals surface area contributed by atoms with E-state index in [2.05, 4.69) is 31.1 Å². The highest BCUT2D eigenvalue weighted by molar-refractivity contribution is 4.87. The zero-order valence-corrected chi connectivity index (χ0v) is 11.9. The fourth-order valence-corrected chi connectivity index (χ4v) is 3.84. The van der Waals surface area contributed by atoms with Gasteiger partial charge < -0.3 is 10.2 Å². The second-order valence-electron chi connectivity index (χ2n) is 6.29. The second-order valence-corrected chi connectivity index (χ2v) is 6.29. The summed E-state index contributed by atoms with van der Waals surface area (Å²) in [5.74, 6) is 1.84. The Hall–Kier alpha value is -0.0800. The van der Waals surface area contributed by atoms with Crippen molar-refractivity contribution < 1.29 is 0 Å². The topological polar surface area (TPSA) is 15.3 Å². The van der Waals surface area contributed by atoms with Gasteiger partial charge in [0, 0.05) is 12.1 Å². The minimum absolute atomic E-state index is 0.817. The van der Waals surface area contributed by atoms with Crippen LogP contribution in [0.5, 0.6) is 0 Å². The van der Waals surface area contributed by atoms with Crippen molar-refractivity contribution >= 4 is 0 Å². The minimum Gasteiger partial charge on any atom is -0.316 e. The first-order valence-corrected chi connectivity index (χ1v) is 7.65. The number of hydrogen-bond donors (Lipinski definition) is 1. The molecule has 0 bridgehead atoms. The van der Waals surface area contributed by atoms with Crippen LogP contribution in [-0.2, 0) is 0 Å². The molecular weight excluding hydrogens is 208 g/mol. The van der Waals surface area contributed by atoms with Crippen molar-refractivity contribution in [1.29, 1.82) is 0 Å². The van der Waals surface area contributed by atoms with Crippen LogP contribution in [0.2, 0.25) is 0 Å². The molecule has 1 N–H and O–H groups in total. The van der Waals surface area contributed by atoms with Gasteiger partial charge in [-0.2, -0.15) is 0 Å². The van der Waals surface area contributed by atoms with E-state index in [0.717, 1.165) is 23.9 Å². The molecule has 0 aromatic carbocycles. The summed E-state index contributed by atoms with van der Waals surface area (Å²) in [5.41, 5.74) is 0. The molecule has 1 saturated carbocycles. The Morgan fingerprint density at radius 3 is 2.41 bits per heavy atom. The van der Waals surface area contributed by atoms with Crippen molar-refractivity contribution in [2.45, 2.75) is 64.5 Å². The fraction of sp³-hybridized carbons (Fsp3) is 1.00. The molecule has 2 atom stereocenters. The lowest BCUT2D eigenvalue weighted by Crippen LogP contribution is -2.51. The van der Waals surface area contributed by atoms with Crippen molar-refractivity contribution in [2.75, 3.05) is 20.1 Å². The van der Waals surface area contributed by atoms with Gasteiger partial charge in [0.25, 0.3) is 0 Å². The van der Waals surface area contributed by atoms with Crippen molar-refractivity contribution in [1.82, 2.24) is 10.2 Å². The molecule has 2 aliphatic rings. The molecule has 0 spiro atoms. The molecule has 0 aromatic rings. The van der Waals surface area contributed by atoms with E-state index in [1.807, 2.05) is 0 Å². The fourth-order valence-electron chi connectivity index (χ4n) is 3.84. The molecule has 1 heterocycles. The van der Waals surface area contributed by atoms with Gasteiger partial charge in [-0.25, -0.2) is 0 Å². The zero-order chi connectivity index (χ0) is 12.3.